The molecular weight excluding hydrogens is 258 g/mol. The second-order valence-corrected chi connectivity index (χ2v) is 6.53. The Kier molecular flexibility index (Phi) is 4.01. The molecule has 6 heteroatoms. The van der Waals surface area contributed by atoms with Gasteiger partial charge in [0.2, 0.25) is 17.7 Å². The highest BCUT2D eigenvalue weighted by atomic mass is 16.2. The average Bonchev–Trinajstić information content (AvgIpc) is 2.83. The lowest BCUT2D eigenvalue weighted by atomic mass is 9.94. The number of hydrogen-bond acceptors (Lipinski definition) is 3. The first-order chi connectivity index (χ1) is 9.29. The van der Waals surface area contributed by atoms with Gasteiger partial charge in [0.05, 0.1) is 0 Å². The van der Waals surface area contributed by atoms with E-state index in [9.17, 15) is 14.4 Å². The van der Waals surface area contributed by atoms with E-state index in [-0.39, 0.29) is 29.2 Å². The molecule has 0 bridgehead atoms. The van der Waals surface area contributed by atoms with Crippen LogP contribution in [0.15, 0.2) is 0 Å². The summed E-state index contributed by atoms with van der Waals surface area (Å²) in [6.07, 6.45) is 1.01. The van der Waals surface area contributed by atoms with E-state index in [0.717, 1.165) is 0 Å². The Labute approximate surface area is 119 Å². The lowest BCUT2D eigenvalue weighted by molar-refractivity contribution is -0.145. The van der Waals surface area contributed by atoms with Gasteiger partial charge in [-0.15, -0.1) is 0 Å². The molecule has 2 saturated heterocycles. The summed E-state index contributed by atoms with van der Waals surface area (Å²) in [6.45, 7) is 7.95. The van der Waals surface area contributed by atoms with Crippen LogP contribution < -0.4 is 5.32 Å². The second kappa shape index (κ2) is 5.42. The number of nitrogens with zero attached hydrogens (tertiary/aromatic N) is 2. The van der Waals surface area contributed by atoms with E-state index >= 15 is 0 Å². The highest BCUT2D eigenvalue weighted by Gasteiger charge is 2.34. The van der Waals surface area contributed by atoms with Crippen LogP contribution in [0.1, 0.15) is 33.6 Å². The Morgan fingerprint density at radius 1 is 1.10 bits per heavy atom. The fourth-order valence-electron chi connectivity index (χ4n) is 2.62. The van der Waals surface area contributed by atoms with Crippen molar-refractivity contribution in [1.29, 1.82) is 0 Å². The molecule has 2 heterocycles. The molecule has 6 nitrogen and oxygen atoms in total. The molecule has 20 heavy (non-hydrogen) atoms. The van der Waals surface area contributed by atoms with Crippen LogP contribution in [0.5, 0.6) is 0 Å². The van der Waals surface area contributed by atoms with Gasteiger partial charge in [0.1, 0.15) is 6.04 Å². The summed E-state index contributed by atoms with van der Waals surface area (Å²) in [6, 6.07) is -0.368. The Morgan fingerprint density at radius 2 is 1.65 bits per heavy atom. The lowest BCUT2D eigenvalue weighted by Crippen LogP contribution is -2.55. The van der Waals surface area contributed by atoms with Crippen molar-refractivity contribution in [3.05, 3.63) is 0 Å². The molecule has 2 aliphatic rings. The third-order valence-electron chi connectivity index (χ3n) is 3.81. The molecular formula is C14H23N3O3. The van der Waals surface area contributed by atoms with E-state index in [2.05, 4.69) is 5.32 Å². The van der Waals surface area contributed by atoms with Gasteiger partial charge >= 0.3 is 0 Å². The highest BCUT2D eigenvalue weighted by molar-refractivity contribution is 5.91. The minimum absolute atomic E-state index is 0.0151. The molecule has 2 fully saturated rings. The number of carbonyl (C=O) groups excluding carboxylic acids is 3. The van der Waals surface area contributed by atoms with E-state index in [1.165, 1.54) is 0 Å². The van der Waals surface area contributed by atoms with Crippen LogP contribution >= 0.6 is 0 Å². The summed E-state index contributed by atoms with van der Waals surface area (Å²) in [7, 11) is 0. The van der Waals surface area contributed by atoms with E-state index in [4.69, 9.17) is 0 Å². The molecule has 0 saturated carbocycles. The molecule has 0 radical (unpaired) electrons. The maximum absolute atomic E-state index is 12.2. The smallest absolute Gasteiger partial charge is 0.245 e. The van der Waals surface area contributed by atoms with Gasteiger partial charge in [-0.2, -0.15) is 0 Å². The van der Waals surface area contributed by atoms with Gasteiger partial charge in [0.25, 0.3) is 0 Å². The molecule has 112 valence electrons. The molecule has 1 atom stereocenters. The molecule has 2 rings (SSSR count). The standard InChI is InChI=1S/C14H23N3O3/c1-14(2,3)13(20)17-8-6-16(7-9-17)12(19)10-4-5-11(18)15-10/h10H,4-9H2,1-3H3,(H,15,18). The third kappa shape index (κ3) is 3.11. The summed E-state index contributed by atoms with van der Waals surface area (Å²) in [4.78, 5) is 39.1. The van der Waals surface area contributed by atoms with Crippen molar-refractivity contribution in [1.82, 2.24) is 15.1 Å². The topological polar surface area (TPSA) is 69.7 Å². The van der Waals surface area contributed by atoms with Gasteiger partial charge in [-0.3, -0.25) is 14.4 Å². The molecule has 0 aromatic carbocycles. The zero-order valence-electron chi connectivity index (χ0n) is 12.4. The van der Waals surface area contributed by atoms with Crippen LogP contribution in [-0.2, 0) is 14.4 Å². The molecule has 2 aliphatic heterocycles. The van der Waals surface area contributed by atoms with Crippen LogP contribution in [0.3, 0.4) is 0 Å². The number of amides is 3. The predicted octanol–water partition coefficient (Wildman–Crippen LogP) is -0.0181. The molecule has 3 amide bonds. The molecule has 0 aromatic rings. The first kappa shape index (κ1) is 14.8. The Bertz CT molecular complexity index is 420. The van der Waals surface area contributed by atoms with Gasteiger partial charge in [-0.1, -0.05) is 20.8 Å². The number of piperazine rings is 1. The van der Waals surface area contributed by atoms with Crippen molar-refractivity contribution in [2.75, 3.05) is 26.2 Å². The number of rotatable bonds is 1. The number of carbonyl (C=O) groups is 3. The molecule has 0 aromatic heterocycles. The maximum Gasteiger partial charge on any atom is 0.245 e. The summed E-state index contributed by atoms with van der Waals surface area (Å²) in [5.74, 6) is 0.0578. The Hall–Kier alpha value is -1.59. The lowest BCUT2D eigenvalue weighted by Gasteiger charge is -2.38. The van der Waals surface area contributed by atoms with Crippen molar-refractivity contribution >= 4 is 17.7 Å². The van der Waals surface area contributed by atoms with E-state index < -0.39 is 0 Å². The minimum atomic E-state index is -0.383. The predicted molar refractivity (Wildman–Crippen MR) is 73.8 cm³/mol. The fraction of sp³-hybridized carbons (Fsp3) is 0.786. The van der Waals surface area contributed by atoms with Crippen molar-refractivity contribution in [2.45, 2.75) is 39.7 Å². The summed E-state index contributed by atoms with van der Waals surface area (Å²) in [5, 5.41) is 2.70. The van der Waals surface area contributed by atoms with Gasteiger partial charge < -0.3 is 15.1 Å². The molecule has 1 N–H and O–H groups in total. The van der Waals surface area contributed by atoms with Crippen LogP contribution in [0.4, 0.5) is 0 Å². The maximum atomic E-state index is 12.2. The van der Waals surface area contributed by atoms with Crippen LogP contribution in [0, 0.1) is 5.41 Å². The normalized spacial score (nSPS) is 23.8. The van der Waals surface area contributed by atoms with Crippen molar-refractivity contribution in [3.63, 3.8) is 0 Å². The van der Waals surface area contributed by atoms with Crippen molar-refractivity contribution in [3.8, 4) is 0 Å². The van der Waals surface area contributed by atoms with Gasteiger partial charge in [-0.05, 0) is 6.42 Å². The highest BCUT2D eigenvalue weighted by Crippen LogP contribution is 2.19. The van der Waals surface area contributed by atoms with Gasteiger partial charge in [0, 0.05) is 38.0 Å². The minimum Gasteiger partial charge on any atom is -0.344 e. The summed E-state index contributed by atoms with van der Waals surface area (Å²) < 4.78 is 0. The largest absolute Gasteiger partial charge is 0.344 e. The third-order valence-corrected chi connectivity index (χ3v) is 3.81. The van der Waals surface area contributed by atoms with E-state index in [0.29, 0.717) is 39.0 Å². The van der Waals surface area contributed by atoms with Crippen LogP contribution in [0.2, 0.25) is 0 Å². The molecule has 0 aliphatic carbocycles. The van der Waals surface area contributed by atoms with Gasteiger partial charge in [0.15, 0.2) is 0 Å². The number of nitrogens with one attached hydrogen (secondary N) is 1. The summed E-state index contributed by atoms with van der Waals surface area (Å²) >= 11 is 0. The SMILES string of the molecule is CC(C)(C)C(=O)N1CCN(C(=O)C2CCC(=O)N2)CC1. The van der Waals surface area contributed by atoms with E-state index in [1.807, 2.05) is 25.7 Å². The summed E-state index contributed by atoms with van der Waals surface area (Å²) in [5.41, 5.74) is -0.383. The van der Waals surface area contributed by atoms with Crippen molar-refractivity contribution in [2.24, 2.45) is 5.41 Å². The Balaban J connectivity index is 1.87. The average molecular weight is 281 g/mol. The monoisotopic (exact) mass is 281 g/mol. The second-order valence-electron chi connectivity index (χ2n) is 6.53. The quantitative estimate of drug-likeness (QED) is 0.734. The zero-order valence-corrected chi connectivity index (χ0v) is 12.4. The van der Waals surface area contributed by atoms with Gasteiger partial charge in [-0.25, -0.2) is 0 Å². The number of hydrogen-bond donors (Lipinski definition) is 1. The van der Waals surface area contributed by atoms with Crippen molar-refractivity contribution < 1.29 is 14.4 Å². The molecule has 1 unspecified atom stereocenters. The fourth-order valence-corrected chi connectivity index (χ4v) is 2.62. The molecule has 0 spiro atoms. The Morgan fingerprint density at radius 3 is 2.10 bits per heavy atom. The van der Waals surface area contributed by atoms with E-state index in [1.54, 1.807) is 4.90 Å². The van der Waals surface area contributed by atoms with Crippen LogP contribution in [-0.4, -0.2) is 59.7 Å². The zero-order chi connectivity index (χ0) is 14.9. The van der Waals surface area contributed by atoms with Crippen LogP contribution in [0.25, 0.3) is 0 Å². The first-order valence-electron chi connectivity index (χ1n) is 7.16. The first-order valence-corrected chi connectivity index (χ1v) is 7.16.